The van der Waals surface area contributed by atoms with E-state index in [-0.39, 0.29) is 5.91 Å². The van der Waals surface area contributed by atoms with E-state index in [4.69, 9.17) is 11.6 Å². The van der Waals surface area contributed by atoms with E-state index in [1.165, 1.54) is 31.0 Å². The quantitative estimate of drug-likeness (QED) is 0.546. The maximum atomic E-state index is 12.3. The number of benzene rings is 1. The summed E-state index contributed by atoms with van der Waals surface area (Å²) < 4.78 is 0. The summed E-state index contributed by atoms with van der Waals surface area (Å²) in [6.45, 7) is 5.20. The van der Waals surface area contributed by atoms with Crippen molar-refractivity contribution in [3.05, 3.63) is 41.2 Å². The third-order valence-electron chi connectivity index (χ3n) is 4.85. The van der Waals surface area contributed by atoms with E-state index in [1.54, 1.807) is 12.4 Å². The fraction of sp³-hybridized carbons (Fsp3) is 0.450. The smallest absolute Gasteiger partial charge is 0.234 e. The van der Waals surface area contributed by atoms with Crippen LogP contribution in [0.15, 0.2) is 35.6 Å². The minimum atomic E-state index is -0.0741. The molecule has 1 atom stereocenters. The molecule has 2 heterocycles. The number of aryl methyl sites for hydroxylation is 1. The Morgan fingerprint density at radius 2 is 2.19 bits per heavy atom. The van der Waals surface area contributed by atoms with Crippen molar-refractivity contribution in [2.75, 3.05) is 22.5 Å². The van der Waals surface area contributed by atoms with Gasteiger partial charge in [-0.15, -0.1) is 0 Å². The molecule has 0 bridgehead atoms. The van der Waals surface area contributed by atoms with Crippen molar-refractivity contribution in [2.45, 2.75) is 50.6 Å². The molecule has 0 spiro atoms. The van der Waals surface area contributed by atoms with Gasteiger partial charge in [0, 0.05) is 29.4 Å². The molecule has 1 aliphatic rings. The number of nitrogens with zero attached hydrogens (tertiary/aromatic N) is 3. The van der Waals surface area contributed by atoms with Crippen LogP contribution in [0, 0.1) is 6.92 Å². The van der Waals surface area contributed by atoms with Gasteiger partial charge in [0.2, 0.25) is 5.91 Å². The second kappa shape index (κ2) is 9.42. The molecule has 1 amide bonds. The van der Waals surface area contributed by atoms with E-state index in [9.17, 15) is 4.79 Å². The van der Waals surface area contributed by atoms with Crippen molar-refractivity contribution in [1.29, 1.82) is 0 Å². The number of anilines is 2. The number of carbonyl (C=O) groups excluding carboxylic acids is 1. The molecule has 3 rings (SSSR count). The maximum Gasteiger partial charge on any atom is 0.234 e. The average Bonchev–Trinajstić information content (AvgIpc) is 2.69. The van der Waals surface area contributed by atoms with Gasteiger partial charge in [0.05, 0.1) is 5.75 Å². The lowest BCUT2D eigenvalue weighted by molar-refractivity contribution is -0.113. The standard InChI is InChI=1S/C20H25ClN4OS/c1-3-16-6-4-5-9-25(16)18-11-20(23-13-22-18)27-12-19(26)24-17-10-15(21)8-7-14(17)2/h7-8,10-11,13,16H,3-6,9,12H2,1-2H3,(H,24,26)/t16-/m0/s1. The average molecular weight is 405 g/mol. The fourth-order valence-electron chi connectivity index (χ4n) is 3.35. The highest BCUT2D eigenvalue weighted by Crippen LogP contribution is 2.27. The summed E-state index contributed by atoms with van der Waals surface area (Å²) >= 11 is 7.43. The van der Waals surface area contributed by atoms with Gasteiger partial charge in [0.1, 0.15) is 17.2 Å². The summed E-state index contributed by atoms with van der Waals surface area (Å²) in [7, 11) is 0. The van der Waals surface area contributed by atoms with Gasteiger partial charge in [-0.05, 0) is 50.3 Å². The van der Waals surface area contributed by atoms with Crippen LogP contribution in [-0.4, -0.2) is 34.2 Å². The Balaban J connectivity index is 1.61. The molecule has 1 aliphatic heterocycles. The van der Waals surface area contributed by atoms with E-state index in [2.05, 4.69) is 27.1 Å². The first-order valence-corrected chi connectivity index (χ1v) is 10.7. The third-order valence-corrected chi connectivity index (χ3v) is 6.01. The minimum absolute atomic E-state index is 0.0741. The lowest BCUT2D eigenvalue weighted by atomic mass is 10.0. The van der Waals surface area contributed by atoms with Gasteiger partial charge < -0.3 is 10.2 Å². The third kappa shape index (κ3) is 5.36. The van der Waals surface area contributed by atoms with Crippen molar-refractivity contribution < 1.29 is 4.79 Å². The first kappa shape index (κ1) is 20.0. The topological polar surface area (TPSA) is 58.1 Å². The molecule has 27 heavy (non-hydrogen) atoms. The monoisotopic (exact) mass is 404 g/mol. The predicted molar refractivity (Wildman–Crippen MR) is 113 cm³/mol. The highest BCUT2D eigenvalue weighted by atomic mass is 35.5. The second-order valence-electron chi connectivity index (χ2n) is 6.76. The van der Waals surface area contributed by atoms with E-state index in [0.717, 1.165) is 35.1 Å². The van der Waals surface area contributed by atoms with Crippen molar-refractivity contribution in [2.24, 2.45) is 0 Å². The Labute approximate surface area is 169 Å². The number of hydrogen-bond acceptors (Lipinski definition) is 5. The van der Waals surface area contributed by atoms with Gasteiger partial charge in [0.25, 0.3) is 0 Å². The highest BCUT2D eigenvalue weighted by molar-refractivity contribution is 7.99. The summed E-state index contributed by atoms with van der Waals surface area (Å²) in [6, 6.07) is 8.01. The molecular weight excluding hydrogens is 380 g/mol. The van der Waals surface area contributed by atoms with Crippen LogP contribution in [0.4, 0.5) is 11.5 Å². The Hall–Kier alpha value is -1.79. The zero-order chi connectivity index (χ0) is 19.2. The molecule has 1 aromatic heterocycles. The zero-order valence-corrected chi connectivity index (χ0v) is 17.3. The van der Waals surface area contributed by atoms with E-state index in [0.29, 0.717) is 16.8 Å². The number of amides is 1. The molecular formula is C20H25ClN4OS. The first-order chi connectivity index (χ1) is 13.1. The number of halogens is 1. The van der Waals surface area contributed by atoms with Crippen LogP contribution in [0.3, 0.4) is 0 Å². The van der Waals surface area contributed by atoms with Crippen LogP contribution < -0.4 is 10.2 Å². The second-order valence-corrected chi connectivity index (χ2v) is 8.19. The van der Waals surface area contributed by atoms with E-state index in [1.807, 2.05) is 25.1 Å². The van der Waals surface area contributed by atoms with Gasteiger partial charge in [-0.2, -0.15) is 0 Å². The van der Waals surface area contributed by atoms with Gasteiger partial charge in [0.15, 0.2) is 0 Å². The predicted octanol–water partition coefficient (Wildman–Crippen LogP) is 4.94. The summed E-state index contributed by atoms with van der Waals surface area (Å²) in [5.74, 6) is 1.18. The lowest BCUT2D eigenvalue weighted by Crippen LogP contribution is -2.39. The molecule has 1 N–H and O–H groups in total. The molecule has 0 unspecified atom stereocenters. The van der Waals surface area contributed by atoms with E-state index < -0.39 is 0 Å². The molecule has 7 heteroatoms. The Kier molecular flexibility index (Phi) is 6.96. The molecule has 144 valence electrons. The van der Waals surface area contributed by atoms with Gasteiger partial charge in [-0.25, -0.2) is 9.97 Å². The SMILES string of the molecule is CC[C@H]1CCCCN1c1cc(SCC(=O)Nc2cc(Cl)ccc2C)ncn1. The fourth-order valence-corrected chi connectivity index (χ4v) is 4.18. The number of hydrogen-bond donors (Lipinski definition) is 1. The summed E-state index contributed by atoms with van der Waals surface area (Å²) in [5.41, 5.74) is 1.73. The molecule has 0 aliphatic carbocycles. The minimum Gasteiger partial charge on any atom is -0.354 e. The number of aromatic nitrogens is 2. The normalized spacial score (nSPS) is 17.0. The molecule has 1 aromatic carbocycles. The van der Waals surface area contributed by atoms with Gasteiger partial charge in [-0.3, -0.25) is 4.79 Å². The molecule has 1 fully saturated rings. The van der Waals surface area contributed by atoms with Crippen LogP contribution in [0.1, 0.15) is 38.2 Å². The van der Waals surface area contributed by atoms with Gasteiger partial charge in [-0.1, -0.05) is 36.4 Å². The Morgan fingerprint density at radius 3 is 3.00 bits per heavy atom. The molecule has 2 aromatic rings. The van der Waals surface area contributed by atoms with Crippen molar-refractivity contribution in [3.8, 4) is 0 Å². The van der Waals surface area contributed by atoms with Crippen LogP contribution in [0.2, 0.25) is 5.02 Å². The van der Waals surface area contributed by atoms with Crippen LogP contribution >= 0.6 is 23.4 Å². The molecule has 1 saturated heterocycles. The molecule has 0 radical (unpaired) electrons. The first-order valence-electron chi connectivity index (χ1n) is 9.34. The Bertz CT molecular complexity index is 801. The molecule has 5 nitrogen and oxygen atoms in total. The zero-order valence-electron chi connectivity index (χ0n) is 15.7. The molecule has 0 saturated carbocycles. The number of rotatable bonds is 6. The Morgan fingerprint density at radius 1 is 1.33 bits per heavy atom. The van der Waals surface area contributed by atoms with E-state index >= 15 is 0 Å². The van der Waals surface area contributed by atoms with Gasteiger partial charge >= 0.3 is 0 Å². The number of thioether (sulfide) groups is 1. The number of nitrogens with one attached hydrogen (secondary N) is 1. The largest absolute Gasteiger partial charge is 0.354 e. The number of piperidine rings is 1. The summed E-state index contributed by atoms with van der Waals surface area (Å²) in [6.07, 6.45) is 6.41. The summed E-state index contributed by atoms with van der Waals surface area (Å²) in [4.78, 5) is 23.5. The summed E-state index contributed by atoms with van der Waals surface area (Å²) in [5, 5.41) is 4.34. The van der Waals surface area contributed by atoms with Crippen LogP contribution in [0.5, 0.6) is 0 Å². The lowest BCUT2D eigenvalue weighted by Gasteiger charge is -2.36. The van der Waals surface area contributed by atoms with Crippen molar-refractivity contribution in [1.82, 2.24) is 9.97 Å². The van der Waals surface area contributed by atoms with Crippen LogP contribution in [-0.2, 0) is 4.79 Å². The van der Waals surface area contributed by atoms with Crippen LogP contribution in [0.25, 0.3) is 0 Å². The van der Waals surface area contributed by atoms with Crippen molar-refractivity contribution in [3.63, 3.8) is 0 Å². The maximum absolute atomic E-state index is 12.3. The van der Waals surface area contributed by atoms with Crippen molar-refractivity contribution >= 4 is 40.8 Å². The highest BCUT2D eigenvalue weighted by Gasteiger charge is 2.22. The number of carbonyl (C=O) groups is 1.